The fourth-order valence-electron chi connectivity index (χ4n) is 2.74. The highest BCUT2D eigenvalue weighted by Gasteiger charge is 2.16. The Balaban J connectivity index is 2.79. The van der Waals surface area contributed by atoms with E-state index >= 15 is 0 Å². The van der Waals surface area contributed by atoms with Gasteiger partial charge in [-0.3, -0.25) is 9.59 Å². The third kappa shape index (κ3) is 2.82. The minimum absolute atomic E-state index is 0.0853. The first kappa shape index (κ1) is 15.2. The number of nitrogens with zero attached hydrogens (tertiary/aromatic N) is 1. The van der Waals surface area contributed by atoms with Gasteiger partial charge in [0.15, 0.2) is 5.43 Å². The lowest BCUT2D eigenvalue weighted by Gasteiger charge is -2.21. The van der Waals surface area contributed by atoms with Crippen LogP contribution in [0, 0.1) is 12.7 Å². The van der Waals surface area contributed by atoms with E-state index in [-0.39, 0.29) is 24.3 Å². The van der Waals surface area contributed by atoms with Crippen LogP contribution in [-0.2, 0) is 11.2 Å². The van der Waals surface area contributed by atoms with E-state index < -0.39 is 11.8 Å². The number of aromatic nitrogens is 1. The van der Waals surface area contributed by atoms with Gasteiger partial charge >= 0.3 is 5.97 Å². The summed E-state index contributed by atoms with van der Waals surface area (Å²) in [6, 6.07) is 4.24. The summed E-state index contributed by atoms with van der Waals surface area (Å²) in [5.41, 5.74) is 1.59. The van der Waals surface area contributed by atoms with Crippen molar-refractivity contribution >= 4 is 16.9 Å². The average molecular weight is 291 g/mol. The molecule has 0 aliphatic carbocycles. The van der Waals surface area contributed by atoms with Crippen LogP contribution in [0.25, 0.3) is 10.9 Å². The normalized spacial score (nSPS) is 11.3. The zero-order chi connectivity index (χ0) is 15.7. The lowest BCUT2D eigenvalue weighted by molar-refractivity contribution is -0.136. The topological polar surface area (TPSA) is 59.3 Å². The van der Waals surface area contributed by atoms with Crippen LogP contribution in [0.3, 0.4) is 0 Å². The molecule has 0 aliphatic heterocycles. The molecule has 4 nitrogen and oxygen atoms in total. The van der Waals surface area contributed by atoms with Gasteiger partial charge in [0.25, 0.3) is 0 Å². The van der Waals surface area contributed by atoms with Crippen molar-refractivity contribution in [2.75, 3.05) is 0 Å². The van der Waals surface area contributed by atoms with Crippen molar-refractivity contribution in [1.82, 2.24) is 4.57 Å². The van der Waals surface area contributed by atoms with Crippen molar-refractivity contribution in [3.05, 3.63) is 45.5 Å². The molecular weight excluding hydrogens is 273 g/mol. The quantitative estimate of drug-likeness (QED) is 0.942. The number of rotatable bonds is 4. The molecular formula is C16H18FNO3. The van der Waals surface area contributed by atoms with E-state index in [0.717, 1.165) is 5.69 Å². The van der Waals surface area contributed by atoms with E-state index in [1.54, 1.807) is 13.0 Å². The molecule has 1 N–H and O–H groups in total. The predicted molar refractivity (Wildman–Crippen MR) is 79.2 cm³/mol. The van der Waals surface area contributed by atoms with Gasteiger partial charge in [0.1, 0.15) is 5.82 Å². The first-order valence-electron chi connectivity index (χ1n) is 6.88. The summed E-state index contributed by atoms with van der Waals surface area (Å²) in [4.78, 5) is 23.3. The number of carbonyl (C=O) groups is 1. The Morgan fingerprint density at radius 2 is 2.05 bits per heavy atom. The lowest BCUT2D eigenvalue weighted by Crippen LogP contribution is -2.21. The van der Waals surface area contributed by atoms with Gasteiger partial charge in [0.2, 0.25) is 0 Å². The maximum absolute atomic E-state index is 13.5. The number of carboxylic acids is 1. The van der Waals surface area contributed by atoms with Crippen LogP contribution in [0.2, 0.25) is 0 Å². The molecule has 0 unspecified atom stereocenters. The van der Waals surface area contributed by atoms with Gasteiger partial charge in [-0.05, 0) is 45.4 Å². The van der Waals surface area contributed by atoms with Crippen LogP contribution >= 0.6 is 0 Å². The molecule has 2 rings (SSSR count). The molecule has 1 heterocycles. The highest BCUT2D eigenvalue weighted by atomic mass is 19.1. The number of aliphatic carboxylic acids is 1. The fraction of sp³-hybridized carbons (Fsp3) is 0.375. The molecule has 1 aromatic heterocycles. The highest BCUT2D eigenvalue weighted by molar-refractivity contribution is 5.80. The predicted octanol–water partition coefficient (Wildman–Crippen LogP) is 3.05. The second kappa shape index (κ2) is 5.68. The van der Waals surface area contributed by atoms with E-state index in [9.17, 15) is 14.0 Å². The monoisotopic (exact) mass is 291 g/mol. The number of hydrogen-bond donors (Lipinski definition) is 1. The van der Waals surface area contributed by atoms with Crippen molar-refractivity contribution in [3.63, 3.8) is 0 Å². The number of benzene rings is 1. The minimum Gasteiger partial charge on any atom is -0.481 e. The second-order valence-corrected chi connectivity index (χ2v) is 5.41. The molecule has 2 aromatic rings. The summed E-state index contributed by atoms with van der Waals surface area (Å²) >= 11 is 0. The van der Waals surface area contributed by atoms with Crippen LogP contribution in [-0.4, -0.2) is 15.6 Å². The Morgan fingerprint density at radius 3 is 2.62 bits per heavy atom. The number of pyridine rings is 1. The summed E-state index contributed by atoms with van der Waals surface area (Å²) in [6.45, 7) is 5.75. The standard InChI is InChI=1S/C16H18FNO3/c1-9(2)18-10(3)12(5-7-15(19)20)16(21)13-8-11(17)4-6-14(13)18/h4,6,8-9H,5,7H2,1-3H3,(H,19,20). The molecule has 0 fully saturated rings. The molecule has 5 heteroatoms. The van der Waals surface area contributed by atoms with E-state index in [1.807, 2.05) is 18.4 Å². The van der Waals surface area contributed by atoms with E-state index in [4.69, 9.17) is 5.11 Å². The van der Waals surface area contributed by atoms with Crippen molar-refractivity contribution in [1.29, 1.82) is 0 Å². The van der Waals surface area contributed by atoms with Crippen molar-refractivity contribution < 1.29 is 14.3 Å². The SMILES string of the molecule is Cc1c(CCC(=O)O)c(=O)c2cc(F)ccc2n1C(C)C. The molecule has 0 amide bonds. The number of halogens is 1. The molecule has 0 bridgehead atoms. The maximum atomic E-state index is 13.5. The molecule has 0 saturated heterocycles. The number of hydrogen-bond acceptors (Lipinski definition) is 2. The fourth-order valence-corrected chi connectivity index (χ4v) is 2.74. The smallest absolute Gasteiger partial charge is 0.303 e. The lowest BCUT2D eigenvalue weighted by atomic mass is 10.0. The summed E-state index contributed by atoms with van der Waals surface area (Å²) in [6.07, 6.45) is 0.0359. The summed E-state index contributed by atoms with van der Waals surface area (Å²) in [5.74, 6) is -1.42. The molecule has 0 spiro atoms. The summed E-state index contributed by atoms with van der Waals surface area (Å²) in [7, 11) is 0. The third-order valence-electron chi connectivity index (χ3n) is 3.64. The van der Waals surface area contributed by atoms with E-state index in [0.29, 0.717) is 16.5 Å². The zero-order valence-corrected chi connectivity index (χ0v) is 12.3. The van der Waals surface area contributed by atoms with E-state index in [1.165, 1.54) is 12.1 Å². The van der Waals surface area contributed by atoms with Gasteiger partial charge in [-0.1, -0.05) is 0 Å². The molecule has 112 valence electrons. The Kier molecular flexibility index (Phi) is 4.11. The minimum atomic E-state index is -0.954. The summed E-state index contributed by atoms with van der Waals surface area (Å²) < 4.78 is 15.4. The van der Waals surface area contributed by atoms with Crippen LogP contribution in [0.15, 0.2) is 23.0 Å². The van der Waals surface area contributed by atoms with Crippen LogP contribution in [0.1, 0.15) is 37.6 Å². The van der Waals surface area contributed by atoms with Crippen molar-refractivity contribution in [2.24, 2.45) is 0 Å². The first-order chi connectivity index (χ1) is 9.82. The zero-order valence-electron chi connectivity index (χ0n) is 12.3. The Morgan fingerprint density at radius 1 is 1.38 bits per heavy atom. The second-order valence-electron chi connectivity index (χ2n) is 5.41. The van der Waals surface area contributed by atoms with E-state index in [2.05, 4.69) is 0 Å². The van der Waals surface area contributed by atoms with Crippen LogP contribution in [0.5, 0.6) is 0 Å². The van der Waals surface area contributed by atoms with Crippen molar-refractivity contribution in [2.45, 2.75) is 39.7 Å². The Bertz CT molecular complexity index is 762. The number of carboxylic acid groups (broad SMARTS) is 1. The van der Waals surface area contributed by atoms with Gasteiger partial charge in [-0.15, -0.1) is 0 Å². The third-order valence-corrected chi connectivity index (χ3v) is 3.64. The van der Waals surface area contributed by atoms with Gasteiger partial charge in [-0.2, -0.15) is 0 Å². The van der Waals surface area contributed by atoms with Crippen LogP contribution < -0.4 is 5.43 Å². The molecule has 21 heavy (non-hydrogen) atoms. The van der Waals surface area contributed by atoms with Gasteiger partial charge in [-0.25, -0.2) is 4.39 Å². The first-order valence-corrected chi connectivity index (χ1v) is 6.88. The van der Waals surface area contributed by atoms with Crippen molar-refractivity contribution in [3.8, 4) is 0 Å². The maximum Gasteiger partial charge on any atom is 0.303 e. The van der Waals surface area contributed by atoms with Gasteiger partial charge in [0, 0.05) is 29.1 Å². The molecule has 0 radical (unpaired) electrons. The van der Waals surface area contributed by atoms with Gasteiger partial charge < -0.3 is 9.67 Å². The molecule has 0 saturated carbocycles. The van der Waals surface area contributed by atoms with Gasteiger partial charge in [0.05, 0.1) is 5.52 Å². The molecule has 1 aromatic carbocycles. The molecule has 0 aliphatic rings. The number of fused-ring (bicyclic) bond motifs is 1. The molecule has 0 atom stereocenters. The summed E-state index contributed by atoms with van der Waals surface area (Å²) in [5, 5.41) is 9.12. The Labute approximate surface area is 121 Å². The highest BCUT2D eigenvalue weighted by Crippen LogP contribution is 2.22. The van der Waals surface area contributed by atoms with Crippen LogP contribution in [0.4, 0.5) is 4.39 Å². The largest absolute Gasteiger partial charge is 0.481 e. The Hall–Kier alpha value is -2.17. The average Bonchev–Trinajstić information content (AvgIpc) is 2.38.